The van der Waals surface area contributed by atoms with Crippen LogP contribution in [0.25, 0.3) is 0 Å². The van der Waals surface area contributed by atoms with Crippen LogP contribution >= 0.6 is 0 Å². The maximum absolute atomic E-state index is 13.0. The second-order valence-electron chi connectivity index (χ2n) is 25.6. The first kappa shape index (κ1) is 85.3. The van der Waals surface area contributed by atoms with Gasteiger partial charge in [0.15, 0.2) is 6.10 Å². The summed E-state index contributed by atoms with van der Waals surface area (Å²) in [4.78, 5) is 62.7. The largest absolute Gasteiger partial charge is 0.463 e. The minimum atomic E-state index is -1.01. The summed E-state index contributed by atoms with van der Waals surface area (Å²) in [5.41, 5.74) is 0. The van der Waals surface area contributed by atoms with Crippen LogP contribution < -0.4 is 0 Å². The number of unbranched alkanes of at least 4 members (excludes halogenated alkanes) is 43. The smallest absolute Gasteiger partial charge is 0.306 e. The van der Waals surface area contributed by atoms with E-state index in [0.29, 0.717) is 32.1 Å². The number of allylic oxidation sites excluding steroid dienone is 8. The highest BCUT2D eigenvalue weighted by atomic mass is 16.6. The van der Waals surface area contributed by atoms with E-state index in [4.69, 9.17) is 23.7 Å². The van der Waals surface area contributed by atoms with Gasteiger partial charge in [0, 0.05) is 32.1 Å². The van der Waals surface area contributed by atoms with E-state index in [1.807, 2.05) is 0 Å². The van der Waals surface area contributed by atoms with E-state index in [2.05, 4.69) is 69.4 Å². The van der Waals surface area contributed by atoms with Crippen molar-refractivity contribution in [2.75, 3.05) is 26.4 Å². The van der Waals surface area contributed by atoms with Crippen molar-refractivity contribution in [2.45, 2.75) is 393 Å². The van der Waals surface area contributed by atoms with Crippen molar-refractivity contribution in [3.63, 3.8) is 0 Å². The predicted octanol–water partition coefficient (Wildman–Crippen LogP) is 22.6. The number of aliphatic hydroxyl groups is 1. The SMILES string of the molecule is CCCCCCCCC=CCCCCCCCC(=O)OCC(O)COC(=O)CCCCCCCC=CCCCCCCCC(=O)OC(COC(=O)CCCCCCCC=CCCCCCCCC)COC(=O)CCCCCCCC=CCCCCCCCC. The van der Waals surface area contributed by atoms with E-state index in [-0.39, 0.29) is 62.7 Å². The molecule has 0 aromatic carbocycles. The number of carbonyl (C=O) groups is 5. The first-order valence-electron chi connectivity index (χ1n) is 37.8. The van der Waals surface area contributed by atoms with Crippen LogP contribution in [0.5, 0.6) is 0 Å². The van der Waals surface area contributed by atoms with Crippen molar-refractivity contribution in [3.8, 4) is 0 Å². The minimum absolute atomic E-state index is 0.114. The Morgan fingerprint density at radius 1 is 0.247 bits per heavy atom. The molecule has 0 aromatic rings. The molecule has 0 aliphatic rings. The third kappa shape index (κ3) is 70.0. The molecule has 0 aliphatic heterocycles. The highest BCUT2D eigenvalue weighted by Crippen LogP contribution is 2.17. The number of aliphatic hydroxyl groups excluding tert-OH is 1. The molecule has 0 aliphatic carbocycles. The molecule has 0 amide bonds. The van der Waals surface area contributed by atoms with E-state index in [9.17, 15) is 29.1 Å². The van der Waals surface area contributed by atoms with Gasteiger partial charge in [-0.2, -0.15) is 0 Å². The molecule has 0 saturated heterocycles. The van der Waals surface area contributed by atoms with Crippen LogP contribution in [-0.4, -0.2) is 73.6 Å². The van der Waals surface area contributed by atoms with Crippen LogP contribution in [0.4, 0.5) is 0 Å². The number of esters is 5. The van der Waals surface area contributed by atoms with Gasteiger partial charge in [0.05, 0.1) is 0 Å². The fraction of sp³-hybridized carbons (Fsp3) is 0.833. The number of ether oxygens (including phenoxy) is 5. The summed E-state index contributed by atoms with van der Waals surface area (Å²) in [6, 6.07) is 0. The van der Waals surface area contributed by atoms with Gasteiger partial charge in [-0.3, -0.25) is 24.0 Å². The Kier molecular flexibility index (Phi) is 68.7. The summed E-state index contributed by atoms with van der Waals surface area (Å²) in [5.74, 6) is -1.62. The van der Waals surface area contributed by atoms with Gasteiger partial charge in [-0.15, -0.1) is 0 Å². The van der Waals surface area contributed by atoms with E-state index in [0.717, 1.165) is 161 Å². The number of hydrogen-bond donors (Lipinski definition) is 1. The molecule has 1 unspecified atom stereocenters. The van der Waals surface area contributed by atoms with Crippen molar-refractivity contribution in [3.05, 3.63) is 48.6 Å². The molecule has 11 nitrogen and oxygen atoms in total. The molecule has 0 radical (unpaired) electrons. The summed E-state index contributed by atoms with van der Waals surface area (Å²) < 4.78 is 27.3. The van der Waals surface area contributed by atoms with Crippen LogP contribution in [0.1, 0.15) is 380 Å². The van der Waals surface area contributed by atoms with Crippen LogP contribution in [0.3, 0.4) is 0 Å². The highest BCUT2D eigenvalue weighted by Gasteiger charge is 2.20. The third-order valence-electron chi connectivity index (χ3n) is 16.6. The molecule has 0 saturated carbocycles. The summed E-state index contributed by atoms with van der Waals surface area (Å²) in [7, 11) is 0. The lowest BCUT2D eigenvalue weighted by molar-refractivity contribution is -0.167. The average molecular weight is 1250 g/mol. The first-order valence-corrected chi connectivity index (χ1v) is 37.8. The van der Waals surface area contributed by atoms with Crippen molar-refractivity contribution in [1.82, 2.24) is 0 Å². The molecule has 89 heavy (non-hydrogen) atoms. The van der Waals surface area contributed by atoms with Crippen molar-refractivity contribution in [1.29, 1.82) is 0 Å². The quantitative estimate of drug-likeness (QED) is 0.0268. The maximum atomic E-state index is 13.0. The lowest BCUT2D eigenvalue weighted by atomic mass is 10.1. The molecule has 0 rings (SSSR count). The van der Waals surface area contributed by atoms with E-state index < -0.39 is 12.2 Å². The zero-order valence-corrected chi connectivity index (χ0v) is 58.2. The molecule has 0 bridgehead atoms. The Hall–Kier alpha value is -3.73. The first-order chi connectivity index (χ1) is 43.7. The molecule has 0 heterocycles. The topological polar surface area (TPSA) is 152 Å². The molecule has 1 atom stereocenters. The van der Waals surface area contributed by atoms with Crippen LogP contribution in [0, 0.1) is 0 Å². The van der Waals surface area contributed by atoms with Gasteiger partial charge in [0.1, 0.15) is 32.5 Å². The summed E-state index contributed by atoms with van der Waals surface area (Å²) >= 11 is 0. The standard InChI is InChI=1S/C78H140O11/c1-4-7-10-13-16-19-22-25-28-33-38-43-48-53-58-63-74(80)85-68-72(79)69-86-75(81)64-59-54-49-44-39-36-31-32-37-42-47-52-57-62-67-78(84)89-73(70-87-76(82)65-60-55-50-45-40-34-29-26-23-20-17-14-11-8-5-2)71-88-77(83)66-61-56-51-46-41-35-30-27-24-21-18-15-12-9-6-3/h25-32,72-73,79H,4-24,33-71H2,1-3H3. The van der Waals surface area contributed by atoms with E-state index >= 15 is 0 Å². The Balaban J connectivity index is 4.24. The van der Waals surface area contributed by atoms with Crippen molar-refractivity contribution < 1.29 is 52.8 Å². The molecular weight excluding hydrogens is 1110 g/mol. The van der Waals surface area contributed by atoms with Crippen LogP contribution in [-0.2, 0) is 47.7 Å². The second-order valence-corrected chi connectivity index (χ2v) is 25.6. The number of hydrogen-bond acceptors (Lipinski definition) is 11. The van der Waals surface area contributed by atoms with Gasteiger partial charge in [-0.1, -0.05) is 262 Å². The average Bonchev–Trinajstić information content (AvgIpc) is 3.60. The normalized spacial score (nSPS) is 12.4. The van der Waals surface area contributed by atoms with Gasteiger partial charge in [-0.25, -0.2) is 0 Å². The monoisotopic (exact) mass is 1250 g/mol. The molecule has 0 fully saturated rings. The Morgan fingerprint density at radius 2 is 0.427 bits per heavy atom. The van der Waals surface area contributed by atoms with E-state index in [1.54, 1.807) is 0 Å². The Morgan fingerprint density at radius 3 is 0.652 bits per heavy atom. The molecule has 1 N–H and O–H groups in total. The number of carbonyl (C=O) groups excluding carboxylic acids is 5. The van der Waals surface area contributed by atoms with Gasteiger partial charge in [0.25, 0.3) is 0 Å². The fourth-order valence-corrected chi connectivity index (χ4v) is 10.8. The molecule has 0 spiro atoms. The lowest BCUT2D eigenvalue weighted by Gasteiger charge is -2.18. The van der Waals surface area contributed by atoms with Crippen molar-refractivity contribution >= 4 is 29.8 Å². The zero-order chi connectivity index (χ0) is 64.7. The molecule has 518 valence electrons. The Bertz CT molecular complexity index is 1630. The lowest BCUT2D eigenvalue weighted by Crippen LogP contribution is -2.30. The third-order valence-corrected chi connectivity index (χ3v) is 16.6. The maximum Gasteiger partial charge on any atom is 0.306 e. The summed E-state index contributed by atoms with van der Waals surface area (Å²) in [5, 5.41) is 10.2. The molecule has 11 heteroatoms. The van der Waals surface area contributed by atoms with Crippen molar-refractivity contribution in [2.24, 2.45) is 0 Å². The van der Waals surface area contributed by atoms with Gasteiger partial charge in [-0.05, 0) is 135 Å². The summed E-state index contributed by atoms with van der Waals surface area (Å²) in [6.45, 7) is 6.22. The number of rotatable bonds is 70. The Labute approximate surface area is 547 Å². The van der Waals surface area contributed by atoms with Crippen LogP contribution in [0.2, 0.25) is 0 Å². The van der Waals surface area contributed by atoms with Gasteiger partial charge in [0.2, 0.25) is 0 Å². The van der Waals surface area contributed by atoms with Gasteiger partial charge < -0.3 is 28.8 Å². The highest BCUT2D eigenvalue weighted by molar-refractivity contribution is 5.71. The second kappa shape index (κ2) is 71.7. The minimum Gasteiger partial charge on any atom is -0.463 e. The summed E-state index contributed by atoms with van der Waals surface area (Å²) in [6.07, 6.45) is 76.7. The predicted molar refractivity (Wildman–Crippen MR) is 372 cm³/mol. The van der Waals surface area contributed by atoms with Crippen LogP contribution in [0.15, 0.2) is 48.6 Å². The van der Waals surface area contributed by atoms with E-state index in [1.165, 1.54) is 161 Å². The van der Waals surface area contributed by atoms with Gasteiger partial charge >= 0.3 is 29.8 Å². The molecule has 0 aromatic heterocycles. The zero-order valence-electron chi connectivity index (χ0n) is 58.2. The molecular formula is C78H140O11. The fourth-order valence-electron chi connectivity index (χ4n) is 10.8.